The fourth-order valence-electron chi connectivity index (χ4n) is 7.01. The van der Waals surface area contributed by atoms with E-state index in [9.17, 15) is 24.0 Å². The van der Waals surface area contributed by atoms with Crippen LogP contribution in [-0.4, -0.2) is 101 Å². The molecule has 0 radical (unpaired) electrons. The minimum atomic E-state index is -0.827. The van der Waals surface area contributed by atoms with E-state index in [0.29, 0.717) is 70.0 Å². The van der Waals surface area contributed by atoms with Crippen LogP contribution >= 0.6 is 0 Å². The Bertz CT molecular complexity index is 2890. The lowest BCUT2D eigenvalue weighted by atomic mass is 10.0. The van der Waals surface area contributed by atoms with Crippen LogP contribution in [0.25, 0.3) is 23.3 Å². The van der Waals surface area contributed by atoms with Crippen LogP contribution in [0.1, 0.15) is 46.2 Å². The van der Waals surface area contributed by atoms with Gasteiger partial charge < -0.3 is 49.1 Å². The van der Waals surface area contributed by atoms with Gasteiger partial charge in [0.1, 0.15) is 46.0 Å². The normalized spacial score (nSPS) is 10.9. The molecule has 0 saturated carbocycles. The maximum Gasteiger partial charge on any atom is 0.330 e. The van der Waals surface area contributed by atoms with Crippen LogP contribution in [0.3, 0.4) is 0 Å². The second kappa shape index (κ2) is 27.4. The number of amides is 5. The average molecular weight is 1010 g/mol. The fraction of sp³-hybridized carbons (Fsp3) is 0.211. The minimum absolute atomic E-state index is 0.0890. The Morgan fingerprint density at radius 2 is 0.797 bits per heavy atom. The molecule has 0 aromatic heterocycles. The summed E-state index contributed by atoms with van der Waals surface area (Å²) < 4.78 is 33.3. The molecule has 0 bridgehead atoms. The van der Waals surface area contributed by atoms with Crippen molar-refractivity contribution in [2.45, 2.75) is 25.7 Å². The van der Waals surface area contributed by atoms with Gasteiger partial charge in [0.05, 0.1) is 28.4 Å². The Balaban J connectivity index is 0.000000276. The molecule has 6 aromatic rings. The molecule has 17 nitrogen and oxygen atoms in total. The number of carbonyl (C=O) groups is 5. The van der Waals surface area contributed by atoms with E-state index in [-0.39, 0.29) is 30.6 Å². The molecule has 0 aliphatic carbocycles. The van der Waals surface area contributed by atoms with Crippen LogP contribution in [-0.2, 0) is 32.0 Å². The monoisotopic (exact) mass is 1010 g/mol. The number of nitrogens with zero attached hydrogens (tertiary/aromatic N) is 2. The number of primary amides is 1. The molecule has 6 rings (SSSR count). The summed E-state index contributed by atoms with van der Waals surface area (Å²) in [6.45, 7) is 0. The van der Waals surface area contributed by atoms with Crippen molar-refractivity contribution in [2.75, 3.05) is 56.6 Å². The third kappa shape index (κ3) is 17.3. The van der Waals surface area contributed by atoms with Crippen LogP contribution in [0.4, 0.5) is 4.79 Å². The highest BCUT2D eigenvalue weighted by molar-refractivity contribution is 6.24. The summed E-state index contributed by atoms with van der Waals surface area (Å²) in [5.41, 5.74) is 15.1. The first-order chi connectivity index (χ1) is 35.5. The molecule has 74 heavy (non-hydrogen) atoms. The van der Waals surface area contributed by atoms with Crippen molar-refractivity contribution in [3.05, 3.63) is 167 Å². The number of aryl methyl sites for hydroxylation is 2. The number of nitrogens with two attached hydrogens (primary N) is 1. The van der Waals surface area contributed by atoms with Gasteiger partial charge in [-0.15, -0.1) is 0 Å². The molecule has 0 aliphatic heterocycles. The first-order valence-corrected chi connectivity index (χ1v) is 23.1. The van der Waals surface area contributed by atoms with E-state index in [4.69, 9.17) is 39.3 Å². The Kier molecular flexibility index (Phi) is 20.6. The van der Waals surface area contributed by atoms with Crippen LogP contribution in [0.5, 0.6) is 46.0 Å². The zero-order chi connectivity index (χ0) is 53.7. The van der Waals surface area contributed by atoms with E-state index in [1.165, 1.54) is 9.80 Å². The van der Waals surface area contributed by atoms with Crippen molar-refractivity contribution in [3.8, 4) is 46.0 Å². The van der Waals surface area contributed by atoms with Gasteiger partial charge in [-0.3, -0.25) is 24.6 Å². The van der Waals surface area contributed by atoms with E-state index in [0.717, 1.165) is 33.4 Å². The molecule has 0 aliphatic rings. The number of carboxylic acid groups (broad SMARTS) is 1. The van der Waals surface area contributed by atoms with Crippen molar-refractivity contribution in [2.24, 2.45) is 5.73 Å². The molecule has 6 aromatic carbocycles. The summed E-state index contributed by atoms with van der Waals surface area (Å²) in [5.74, 6) is 3.52. The van der Waals surface area contributed by atoms with Gasteiger partial charge >= 0.3 is 12.0 Å². The lowest BCUT2D eigenvalue weighted by Crippen LogP contribution is -2.44. The molecule has 0 heterocycles. The highest BCUT2D eigenvalue weighted by Crippen LogP contribution is 2.31. The van der Waals surface area contributed by atoms with Crippen molar-refractivity contribution in [1.29, 1.82) is 0 Å². The van der Waals surface area contributed by atoms with Crippen molar-refractivity contribution in [1.82, 2.24) is 20.7 Å². The number of hydrazine groups is 1. The Morgan fingerprint density at radius 1 is 0.473 bits per heavy atom. The number of ether oxygens (including phenoxy) is 6. The highest BCUT2D eigenvalue weighted by atomic mass is 16.5. The SMILES string of the molecule is COc1cc(/C=C(/C(=O)N(C)C)c2ccc(Oc3ccc(CCC(=O)NNC(N)=O)cc3)cc2)cc(OC)c1.COc1cc(/C=C(/C(=O)N(C)C)c2ccc(Oc3ccc(CCC(=O)O)cc3)cc2)cc(OC)c1. The number of benzene rings is 6. The third-order valence-electron chi connectivity index (χ3n) is 10.9. The number of rotatable bonds is 20. The lowest BCUT2D eigenvalue weighted by Gasteiger charge is -2.15. The predicted molar refractivity (Wildman–Crippen MR) is 283 cm³/mol. The number of urea groups is 1. The lowest BCUT2D eigenvalue weighted by molar-refractivity contribution is -0.137. The number of carbonyl (C=O) groups excluding carboxylic acids is 4. The Hall–Kier alpha value is -9.25. The summed E-state index contributed by atoms with van der Waals surface area (Å²) in [6, 6.07) is 39.2. The first-order valence-electron chi connectivity index (χ1n) is 23.1. The molecule has 0 atom stereocenters. The summed E-state index contributed by atoms with van der Waals surface area (Å²) in [4.78, 5) is 62.2. The predicted octanol–water partition coefficient (Wildman–Crippen LogP) is 8.90. The van der Waals surface area contributed by atoms with Gasteiger partial charge in [0.25, 0.3) is 11.8 Å². The molecule has 386 valence electrons. The summed E-state index contributed by atoms with van der Waals surface area (Å²) in [5, 5.41) is 8.82. The number of carboxylic acids is 1. The quantitative estimate of drug-likeness (QED) is 0.0320. The van der Waals surface area contributed by atoms with Gasteiger partial charge in [0.2, 0.25) is 5.91 Å². The van der Waals surface area contributed by atoms with E-state index >= 15 is 0 Å². The molecule has 5 N–H and O–H groups in total. The smallest absolute Gasteiger partial charge is 0.330 e. The molecular formula is C57H61N5O12. The molecule has 17 heteroatoms. The standard InChI is InChI=1S/C29H32N4O6.C28H29NO6/c1-33(2)28(35)26(17-20-15-24(37-3)18-25(16-20)38-4)21-8-12-23(13-9-21)39-22-10-5-19(6-11-22)7-14-27(34)31-32-29(30)36;1-29(2)28(32)26(17-20-15-24(33-3)18-25(16-20)34-4)21-8-12-23(13-9-21)35-22-10-5-19(6-11-22)7-14-27(30)31/h5-6,8-13,15-18H,7,14H2,1-4H3,(H,31,34)(H3,30,32,36);5-6,8-13,15-18H,7,14H2,1-4H3,(H,30,31)/b2*26-17+. The van der Waals surface area contributed by atoms with Gasteiger partial charge in [-0.2, -0.15) is 0 Å². The Morgan fingerprint density at radius 3 is 1.09 bits per heavy atom. The van der Waals surface area contributed by atoms with E-state index in [2.05, 4.69) is 5.43 Å². The summed E-state index contributed by atoms with van der Waals surface area (Å²) in [6.07, 6.45) is 4.83. The number of methoxy groups -OCH3 is 4. The van der Waals surface area contributed by atoms with E-state index < -0.39 is 12.0 Å². The number of nitrogens with one attached hydrogen (secondary N) is 2. The average Bonchev–Trinajstić information content (AvgIpc) is 3.40. The number of hydrogen-bond donors (Lipinski definition) is 4. The van der Waals surface area contributed by atoms with Gasteiger partial charge in [-0.1, -0.05) is 48.5 Å². The molecule has 0 saturated heterocycles. The van der Waals surface area contributed by atoms with Crippen molar-refractivity contribution < 1.29 is 57.5 Å². The molecule has 0 unspecified atom stereocenters. The van der Waals surface area contributed by atoms with Crippen molar-refractivity contribution >= 4 is 53.0 Å². The van der Waals surface area contributed by atoms with E-state index in [1.54, 1.807) is 117 Å². The van der Waals surface area contributed by atoms with Gasteiger partial charge in [0, 0.05) is 64.3 Å². The van der Waals surface area contributed by atoms with Crippen LogP contribution < -0.4 is 45.0 Å². The van der Waals surface area contributed by atoms with Crippen LogP contribution in [0, 0.1) is 0 Å². The molecule has 5 amide bonds. The molecule has 0 spiro atoms. The largest absolute Gasteiger partial charge is 0.497 e. The maximum atomic E-state index is 13.0. The van der Waals surface area contributed by atoms with Gasteiger partial charge in [-0.05, 0) is 131 Å². The summed E-state index contributed by atoms with van der Waals surface area (Å²) in [7, 11) is 13.1. The second-order valence-electron chi connectivity index (χ2n) is 16.8. The zero-order valence-corrected chi connectivity index (χ0v) is 42.6. The first kappa shape index (κ1) is 55.7. The van der Waals surface area contributed by atoms with Gasteiger partial charge in [0.15, 0.2) is 0 Å². The highest BCUT2D eigenvalue weighted by Gasteiger charge is 2.17. The number of aliphatic carboxylic acids is 1. The topological polar surface area (TPSA) is 218 Å². The zero-order valence-electron chi connectivity index (χ0n) is 42.6. The minimum Gasteiger partial charge on any atom is -0.497 e. The number of hydrogen-bond acceptors (Lipinski definition) is 11. The van der Waals surface area contributed by atoms with Crippen LogP contribution in [0.2, 0.25) is 0 Å². The third-order valence-corrected chi connectivity index (χ3v) is 10.9. The van der Waals surface area contributed by atoms with E-state index in [1.807, 2.05) is 90.4 Å². The Labute approximate surface area is 430 Å². The van der Waals surface area contributed by atoms with Crippen LogP contribution in [0.15, 0.2) is 133 Å². The summed E-state index contributed by atoms with van der Waals surface area (Å²) >= 11 is 0. The number of likely N-dealkylation sites (N-methyl/N-ethyl adjacent to an activating group) is 2. The molecular weight excluding hydrogens is 947 g/mol. The van der Waals surface area contributed by atoms with Gasteiger partial charge in [-0.25, -0.2) is 10.2 Å². The molecule has 0 fully saturated rings. The van der Waals surface area contributed by atoms with Crippen molar-refractivity contribution in [3.63, 3.8) is 0 Å². The fourth-order valence-corrected chi connectivity index (χ4v) is 7.01. The maximum absolute atomic E-state index is 13.0. The second-order valence-corrected chi connectivity index (χ2v) is 16.8.